The predicted molar refractivity (Wildman–Crippen MR) is 80.5 cm³/mol. The second-order valence-electron chi connectivity index (χ2n) is 6.43. The zero-order chi connectivity index (χ0) is 16.1. The number of rotatable bonds is 1. The van der Waals surface area contributed by atoms with Gasteiger partial charge in [0.1, 0.15) is 6.61 Å². The summed E-state index contributed by atoms with van der Waals surface area (Å²) < 4.78 is 5.04. The number of nitrogens with zero attached hydrogens (tertiary/aromatic N) is 2. The smallest absolute Gasteiger partial charge is 0.410 e. The number of ketones is 1. The fourth-order valence-corrected chi connectivity index (χ4v) is 3.83. The van der Waals surface area contributed by atoms with Crippen LogP contribution >= 0.6 is 0 Å². The average molecular weight is 317 g/mol. The summed E-state index contributed by atoms with van der Waals surface area (Å²) in [5.41, 5.74) is 2.75. The third-order valence-electron chi connectivity index (χ3n) is 4.99. The first-order valence-corrected chi connectivity index (χ1v) is 8.03. The van der Waals surface area contributed by atoms with Crippen molar-refractivity contribution < 1.29 is 19.1 Å². The van der Waals surface area contributed by atoms with E-state index in [0.29, 0.717) is 43.8 Å². The van der Waals surface area contributed by atoms with Crippen LogP contribution in [0.5, 0.6) is 0 Å². The highest BCUT2D eigenvalue weighted by atomic mass is 16.6. The largest absolute Gasteiger partial charge is 0.447 e. The lowest BCUT2D eigenvalue weighted by Gasteiger charge is -2.35. The number of carbonyl (C=O) groups excluding carboxylic acids is 3. The Balaban J connectivity index is 1.62. The van der Waals surface area contributed by atoms with Crippen molar-refractivity contribution in [3.8, 4) is 0 Å². The number of hydrogen-bond acceptors (Lipinski definition) is 4. The Hall–Kier alpha value is -2.31. The van der Waals surface area contributed by atoms with E-state index in [1.807, 2.05) is 6.92 Å². The number of Topliss-reactive ketones (excluding diaryl/α,β-unsaturated/α-hetero) is 1. The van der Waals surface area contributed by atoms with Gasteiger partial charge in [0.15, 0.2) is 5.78 Å². The molecule has 7 nitrogen and oxygen atoms in total. The predicted octanol–water partition coefficient (Wildman–Crippen LogP) is 1.12. The Labute approximate surface area is 133 Å². The number of aromatic nitrogens is 1. The molecule has 4 rings (SSSR count). The van der Waals surface area contributed by atoms with Gasteiger partial charge in [-0.2, -0.15) is 0 Å². The third-order valence-corrected chi connectivity index (χ3v) is 4.99. The zero-order valence-corrected chi connectivity index (χ0v) is 13.1. The topological polar surface area (TPSA) is 82.7 Å². The van der Waals surface area contributed by atoms with E-state index >= 15 is 0 Å². The molecule has 0 unspecified atom stereocenters. The lowest BCUT2D eigenvalue weighted by molar-refractivity contribution is 0.0613. The fraction of sp³-hybridized carbons (Fsp3) is 0.562. The lowest BCUT2D eigenvalue weighted by atomic mass is 9.92. The number of nitrogens with one attached hydrogen (secondary N) is 1. The number of ether oxygens (including phenoxy) is 1. The van der Waals surface area contributed by atoms with E-state index in [0.717, 1.165) is 24.2 Å². The van der Waals surface area contributed by atoms with Crippen molar-refractivity contribution in [3.63, 3.8) is 0 Å². The first-order valence-electron chi connectivity index (χ1n) is 8.03. The van der Waals surface area contributed by atoms with Gasteiger partial charge in [0, 0.05) is 37.4 Å². The van der Waals surface area contributed by atoms with E-state index in [1.165, 1.54) is 0 Å². The summed E-state index contributed by atoms with van der Waals surface area (Å²) >= 11 is 0. The molecule has 23 heavy (non-hydrogen) atoms. The van der Waals surface area contributed by atoms with Crippen molar-refractivity contribution >= 4 is 17.8 Å². The van der Waals surface area contributed by atoms with E-state index in [4.69, 9.17) is 4.74 Å². The van der Waals surface area contributed by atoms with Crippen molar-refractivity contribution in [2.45, 2.75) is 32.2 Å². The van der Waals surface area contributed by atoms with E-state index in [9.17, 15) is 14.4 Å². The molecule has 7 heteroatoms. The first kappa shape index (κ1) is 14.3. The van der Waals surface area contributed by atoms with Gasteiger partial charge in [0.25, 0.3) is 5.91 Å². The molecule has 2 aliphatic heterocycles. The minimum absolute atomic E-state index is 0.0527. The lowest BCUT2D eigenvalue weighted by Crippen LogP contribution is -2.53. The normalized spacial score (nSPS) is 23.6. The molecule has 0 saturated carbocycles. The molecule has 2 saturated heterocycles. The van der Waals surface area contributed by atoms with Crippen LogP contribution in [0, 0.1) is 6.92 Å². The monoisotopic (exact) mass is 317 g/mol. The Morgan fingerprint density at radius 2 is 2.09 bits per heavy atom. The standard InChI is InChI=1S/C16H19N3O4/c1-9-13(14-11(17-9)3-2-4-12(14)20)15(21)18-5-6-19-10(7-18)8-23-16(19)22/h10,17H,2-8H2,1H3/t10-/m1/s1. The second-order valence-corrected chi connectivity index (χ2v) is 6.43. The highest BCUT2D eigenvalue weighted by molar-refractivity contribution is 6.10. The zero-order valence-electron chi connectivity index (χ0n) is 13.1. The molecule has 1 atom stereocenters. The summed E-state index contributed by atoms with van der Waals surface area (Å²) in [4.78, 5) is 43.4. The van der Waals surface area contributed by atoms with Gasteiger partial charge in [-0.3, -0.25) is 14.5 Å². The summed E-state index contributed by atoms with van der Waals surface area (Å²) in [5, 5.41) is 0. The molecular formula is C16H19N3O4. The molecule has 2 amide bonds. The molecule has 1 N–H and O–H groups in total. The highest BCUT2D eigenvalue weighted by Gasteiger charge is 2.40. The molecule has 0 radical (unpaired) electrons. The summed E-state index contributed by atoms with van der Waals surface area (Å²) in [6.45, 7) is 3.58. The number of cyclic esters (lactones) is 1. The van der Waals surface area contributed by atoms with Crippen LogP contribution in [0.25, 0.3) is 0 Å². The minimum Gasteiger partial charge on any atom is -0.447 e. The van der Waals surface area contributed by atoms with Crippen LogP contribution in [0.2, 0.25) is 0 Å². The Morgan fingerprint density at radius 1 is 1.26 bits per heavy atom. The van der Waals surface area contributed by atoms with Gasteiger partial charge in [-0.05, 0) is 19.8 Å². The summed E-state index contributed by atoms with van der Waals surface area (Å²) in [6.07, 6.45) is 1.85. The van der Waals surface area contributed by atoms with Crippen molar-refractivity contribution in [1.29, 1.82) is 0 Å². The molecule has 1 aromatic rings. The SMILES string of the molecule is Cc1[nH]c2c(c1C(=O)N1CCN3C(=O)OC[C@H]3C1)C(=O)CCC2. The van der Waals surface area contributed by atoms with Gasteiger partial charge in [0.2, 0.25) is 0 Å². The summed E-state index contributed by atoms with van der Waals surface area (Å²) in [6, 6.07) is -0.0778. The van der Waals surface area contributed by atoms with Gasteiger partial charge in [-0.25, -0.2) is 4.79 Å². The van der Waals surface area contributed by atoms with Crippen LogP contribution in [0.15, 0.2) is 0 Å². The van der Waals surface area contributed by atoms with Crippen molar-refractivity contribution in [1.82, 2.24) is 14.8 Å². The van der Waals surface area contributed by atoms with Crippen LogP contribution in [0.1, 0.15) is 44.9 Å². The number of amides is 2. The molecule has 1 aliphatic carbocycles. The fourth-order valence-electron chi connectivity index (χ4n) is 3.83. The molecule has 3 aliphatic rings. The van der Waals surface area contributed by atoms with Crippen LogP contribution in [-0.2, 0) is 11.2 Å². The number of aryl methyl sites for hydroxylation is 2. The van der Waals surface area contributed by atoms with Crippen LogP contribution in [-0.4, -0.2) is 64.9 Å². The number of fused-ring (bicyclic) bond motifs is 2. The Morgan fingerprint density at radius 3 is 2.91 bits per heavy atom. The quantitative estimate of drug-likeness (QED) is 0.841. The summed E-state index contributed by atoms with van der Waals surface area (Å²) in [5.74, 6) is -0.0637. The van der Waals surface area contributed by atoms with Crippen LogP contribution < -0.4 is 0 Å². The molecule has 0 spiro atoms. The first-order chi connectivity index (χ1) is 11.1. The van der Waals surface area contributed by atoms with E-state index < -0.39 is 0 Å². The number of carbonyl (C=O) groups is 3. The molecule has 122 valence electrons. The number of hydrogen-bond donors (Lipinski definition) is 1. The molecule has 2 fully saturated rings. The van der Waals surface area contributed by atoms with Crippen LogP contribution in [0.4, 0.5) is 4.79 Å². The maximum atomic E-state index is 13.0. The number of H-pyrrole nitrogens is 1. The van der Waals surface area contributed by atoms with Gasteiger partial charge >= 0.3 is 6.09 Å². The molecular weight excluding hydrogens is 298 g/mol. The maximum Gasteiger partial charge on any atom is 0.410 e. The van der Waals surface area contributed by atoms with Crippen molar-refractivity contribution in [3.05, 3.63) is 22.5 Å². The van der Waals surface area contributed by atoms with E-state index in [1.54, 1.807) is 9.80 Å². The van der Waals surface area contributed by atoms with Crippen LogP contribution in [0.3, 0.4) is 0 Å². The summed E-state index contributed by atoms with van der Waals surface area (Å²) in [7, 11) is 0. The van der Waals surface area contributed by atoms with Gasteiger partial charge in [0.05, 0.1) is 17.2 Å². The van der Waals surface area contributed by atoms with Gasteiger partial charge in [-0.1, -0.05) is 0 Å². The van der Waals surface area contributed by atoms with Gasteiger partial charge in [-0.15, -0.1) is 0 Å². The highest BCUT2D eigenvalue weighted by Crippen LogP contribution is 2.29. The van der Waals surface area contributed by atoms with Crippen molar-refractivity contribution in [2.75, 3.05) is 26.2 Å². The van der Waals surface area contributed by atoms with E-state index in [2.05, 4.69) is 4.98 Å². The molecule has 0 bridgehead atoms. The molecule has 3 heterocycles. The Kier molecular flexibility index (Phi) is 3.18. The average Bonchev–Trinajstić information content (AvgIpc) is 3.07. The molecule has 1 aromatic heterocycles. The van der Waals surface area contributed by atoms with Gasteiger partial charge < -0.3 is 14.6 Å². The van der Waals surface area contributed by atoms with E-state index in [-0.39, 0.29) is 23.8 Å². The second kappa shape index (κ2) is 5.11. The maximum absolute atomic E-state index is 13.0. The Bertz CT molecular complexity index is 708. The third kappa shape index (κ3) is 2.14. The molecule has 0 aromatic carbocycles. The number of piperazine rings is 1. The van der Waals surface area contributed by atoms with Crippen molar-refractivity contribution in [2.24, 2.45) is 0 Å². The number of aromatic amines is 1. The minimum atomic E-state index is -0.299.